The molecule has 1 aromatic rings. The molecule has 0 radical (unpaired) electrons. The van der Waals surface area contributed by atoms with Crippen LogP contribution < -0.4 is 0 Å². The van der Waals surface area contributed by atoms with Crippen LogP contribution in [0.2, 0.25) is 0 Å². The fourth-order valence-electron chi connectivity index (χ4n) is 4.06. The third-order valence-electron chi connectivity index (χ3n) is 7.48. The van der Waals surface area contributed by atoms with Crippen molar-refractivity contribution in [3.05, 3.63) is 35.9 Å². The van der Waals surface area contributed by atoms with Gasteiger partial charge in [0.1, 0.15) is 5.60 Å². The molecule has 0 unspecified atom stereocenters. The van der Waals surface area contributed by atoms with Gasteiger partial charge in [-0.2, -0.15) is 114 Å². The monoisotopic (exact) mass is 856 g/mol. The lowest BCUT2D eigenvalue weighted by molar-refractivity contribution is -0.440. The zero-order valence-corrected chi connectivity index (χ0v) is 25.6. The van der Waals surface area contributed by atoms with Crippen LogP contribution in [-0.4, -0.2) is 83.1 Å². The van der Waals surface area contributed by atoms with Crippen molar-refractivity contribution in [2.24, 2.45) is 0 Å². The molecule has 0 atom stereocenters. The van der Waals surface area contributed by atoms with E-state index in [-0.39, 0.29) is 12.5 Å². The average molecular weight is 856 g/mol. The number of halogens is 26. The number of benzene rings is 1. The lowest BCUT2D eigenvalue weighted by Crippen LogP contribution is -2.70. The lowest BCUT2D eigenvalue weighted by Gasteiger charge is -2.41. The topological polar surface area (TPSA) is 26.3 Å². The van der Waals surface area contributed by atoms with Crippen LogP contribution in [0, 0.1) is 0 Å². The average Bonchev–Trinajstić information content (AvgIpc) is 2.97. The summed E-state index contributed by atoms with van der Waals surface area (Å²) < 4.78 is 355. The van der Waals surface area contributed by atoms with Crippen molar-refractivity contribution in [3.8, 4) is 0 Å². The van der Waals surface area contributed by atoms with E-state index in [4.69, 9.17) is 0 Å². The Hall–Kier alpha value is -3.13. The summed E-state index contributed by atoms with van der Waals surface area (Å²) in [7, 11) is 0. The Labute approximate surface area is 282 Å². The fraction of sp³-hybridized carbons (Fsp3) is 0.731. The Morgan fingerprint density at radius 3 is 0.981 bits per heavy atom. The van der Waals surface area contributed by atoms with Gasteiger partial charge in [0.25, 0.3) is 0 Å². The molecule has 2 nitrogen and oxygen atoms in total. The van der Waals surface area contributed by atoms with Gasteiger partial charge in [-0.15, -0.1) is 0 Å². The molecule has 0 N–H and O–H groups in total. The van der Waals surface area contributed by atoms with E-state index in [1.807, 2.05) is 0 Å². The third-order valence-corrected chi connectivity index (χ3v) is 7.48. The highest BCUT2D eigenvalue weighted by molar-refractivity contribution is 5.73. The number of ether oxygens (including phenoxy) is 1. The molecule has 0 saturated heterocycles. The van der Waals surface area contributed by atoms with Gasteiger partial charge in [0.05, 0.1) is 6.42 Å². The molecule has 0 spiro atoms. The van der Waals surface area contributed by atoms with Gasteiger partial charge in [-0.05, 0) is 25.3 Å². The van der Waals surface area contributed by atoms with Gasteiger partial charge in [0, 0.05) is 12.8 Å². The maximum Gasteiger partial charge on any atom is 0.460 e. The van der Waals surface area contributed by atoms with E-state index in [9.17, 15) is 119 Å². The van der Waals surface area contributed by atoms with Crippen molar-refractivity contribution in [2.45, 2.75) is 116 Å². The second-order valence-electron chi connectivity index (χ2n) is 11.6. The van der Waals surface area contributed by atoms with Gasteiger partial charge >= 0.3 is 77.5 Å². The summed E-state index contributed by atoms with van der Waals surface area (Å²) in [5, 5.41) is 0. The van der Waals surface area contributed by atoms with E-state index in [1.165, 1.54) is 6.07 Å². The first kappa shape index (κ1) is 48.9. The molecule has 0 bridgehead atoms. The van der Waals surface area contributed by atoms with E-state index in [0.717, 1.165) is 24.3 Å². The highest BCUT2D eigenvalue weighted by Gasteiger charge is 2.92. The largest absolute Gasteiger partial charge is 0.460 e. The van der Waals surface area contributed by atoms with Crippen LogP contribution >= 0.6 is 0 Å². The number of hydrogen-bond acceptors (Lipinski definition) is 2. The Bertz CT molecular complexity index is 1360. The van der Waals surface area contributed by atoms with Crippen molar-refractivity contribution in [1.82, 2.24) is 0 Å². The Kier molecular flexibility index (Phi) is 12.8. The van der Waals surface area contributed by atoms with Gasteiger partial charge in [0.15, 0.2) is 0 Å². The summed E-state index contributed by atoms with van der Waals surface area (Å²) in [6.45, 7) is -0.132. The molecule has 0 amide bonds. The molecule has 0 aliphatic heterocycles. The zero-order chi connectivity index (χ0) is 43.4. The SMILES string of the molecule is CC(CCC(F)(F)C(F)(F)C(F)(F)C(F)(F)C(F)(F)C(F)(F)F)(CCC(F)(F)C(F)(F)C(F)(F)C(F)(F)C(F)(F)C(F)(F)F)OC(=O)Cc1ccccc1. The third kappa shape index (κ3) is 8.06. The predicted octanol–water partition coefficient (Wildman–Crippen LogP) is 11.6. The molecule has 28 heteroatoms. The molecule has 0 aliphatic carbocycles. The van der Waals surface area contributed by atoms with Gasteiger partial charge < -0.3 is 4.74 Å². The van der Waals surface area contributed by atoms with E-state index < -0.39 is 115 Å². The normalized spacial score (nSPS) is 15.8. The van der Waals surface area contributed by atoms with Crippen molar-refractivity contribution in [3.63, 3.8) is 0 Å². The molecular weight excluding hydrogens is 838 g/mol. The van der Waals surface area contributed by atoms with Crippen molar-refractivity contribution in [2.75, 3.05) is 0 Å². The second kappa shape index (κ2) is 14.1. The number of carbonyl (C=O) groups is 1. The lowest BCUT2D eigenvalue weighted by atomic mass is 9.85. The molecular formula is C26H18F26O2. The zero-order valence-electron chi connectivity index (χ0n) is 25.6. The Morgan fingerprint density at radius 1 is 0.426 bits per heavy atom. The number of carbonyl (C=O) groups excluding carboxylic acids is 1. The van der Waals surface area contributed by atoms with E-state index in [2.05, 4.69) is 4.74 Å². The smallest absolute Gasteiger partial charge is 0.459 e. The molecule has 0 aliphatic rings. The van der Waals surface area contributed by atoms with E-state index in [1.54, 1.807) is 0 Å². The van der Waals surface area contributed by atoms with Gasteiger partial charge in [-0.25, -0.2) is 0 Å². The maximum atomic E-state index is 14.4. The molecule has 316 valence electrons. The van der Waals surface area contributed by atoms with Gasteiger partial charge in [-0.3, -0.25) is 4.79 Å². The molecule has 0 saturated carbocycles. The fourth-order valence-corrected chi connectivity index (χ4v) is 4.06. The van der Waals surface area contributed by atoms with Crippen molar-refractivity contribution >= 4 is 5.97 Å². The van der Waals surface area contributed by atoms with Crippen LogP contribution in [0.5, 0.6) is 0 Å². The quantitative estimate of drug-likeness (QED) is 0.115. The molecule has 0 fully saturated rings. The highest BCUT2D eigenvalue weighted by Crippen LogP contribution is 2.63. The molecule has 54 heavy (non-hydrogen) atoms. The Balaban J connectivity index is 3.66. The summed E-state index contributed by atoms with van der Waals surface area (Å²) in [5.41, 5.74) is -3.97. The number of alkyl halides is 26. The molecule has 0 aromatic heterocycles. The first-order chi connectivity index (χ1) is 23.4. The summed E-state index contributed by atoms with van der Waals surface area (Å²) in [6.07, 6.45) is -28.8. The number of rotatable bonds is 17. The molecule has 1 aromatic carbocycles. The first-order valence-electron chi connectivity index (χ1n) is 13.6. The van der Waals surface area contributed by atoms with Crippen LogP contribution in [0.25, 0.3) is 0 Å². The minimum Gasteiger partial charge on any atom is -0.459 e. The summed E-state index contributed by atoms with van der Waals surface area (Å²) in [6, 6.07) is 5.50. The summed E-state index contributed by atoms with van der Waals surface area (Å²) >= 11 is 0. The predicted molar refractivity (Wildman–Crippen MR) is 125 cm³/mol. The summed E-state index contributed by atoms with van der Waals surface area (Å²) in [5.74, 6) is -82.2. The van der Waals surface area contributed by atoms with Crippen LogP contribution in [0.4, 0.5) is 114 Å². The highest BCUT2D eigenvalue weighted by atomic mass is 19.4. The molecule has 1 rings (SSSR count). The minimum atomic E-state index is -8.43. The van der Waals surface area contributed by atoms with Crippen LogP contribution in [-0.2, 0) is 16.0 Å². The second-order valence-corrected chi connectivity index (χ2v) is 11.6. The van der Waals surface area contributed by atoms with Crippen LogP contribution in [0.15, 0.2) is 30.3 Å². The Morgan fingerprint density at radius 2 is 0.704 bits per heavy atom. The van der Waals surface area contributed by atoms with Gasteiger partial charge in [0.2, 0.25) is 0 Å². The maximum absolute atomic E-state index is 14.4. The van der Waals surface area contributed by atoms with E-state index >= 15 is 0 Å². The van der Waals surface area contributed by atoms with Crippen molar-refractivity contribution < 1.29 is 124 Å². The van der Waals surface area contributed by atoms with E-state index in [0.29, 0.717) is 0 Å². The minimum absolute atomic E-state index is 0.132. The summed E-state index contributed by atoms with van der Waals surface area (Å²) in [4.78, 5) is 12.3. The van der Waals surface area contributed by atoms with Gasteiger partial charge in [-0.1, -0.05) is 30.3 Å². The number of hydrogen-bond donors (Lipinski definition) is 0. The molecule has 0 heterocycles. The first-order valence-corrected chi connectivity index (χ1v) is 13.6. The van der Waals surface area contributed by atoms with Crippen LogP contribution in [0.3, 0.4) is 0 Å². The number of esters is 1. The van der Waals surface area contributed by atoms with Crippen LogP contribution in [0.1, 0.15) is 38.2 Å². The van der Waals surface area contributed by atoms with Crippen molar-refractivity contribution in [1.29, 1.82) is 0 Å². The standard InChI is InChI=1S/C26H18F26O2/c1-14(54-13(53)11-12-5-3-2-4-6-12,7-9-15(27,28)17(31,32)19(35,36)21(39,40)23(43,44)25(47,48)49)8-10-16(29,30)18(33,34)20(37,38)22(41,42)24(45,46)26(50,51)52/h2-6H,7-11H2,1H3.